The van der Waals surface area contributed by atoms with Gasteiger partial charge in [0.2, 0.25) is 5.91 Å². The summed E-state index contributed by atoms with van der Waals surface area (Å²) in [6.07, 6.45) is -4.49. The van der Waals surface area contributed by atoms with Crippen LogP contribution in [-0.4, -0.2) is 30.8 Å². The lowest BCUT2D eigenvalue weighted by atomic mass is 10.1. The molecule has 1 aromatic carbocycles. The first-order chi connectivity index (χ1) is 8.84. The number of nitrogen functional groups attached to an aromatic ring is 1. The van der Waals surface area contributed by atoms with Crippen molar-refractivity contribution in [2.24, 2.45) is 0 Å². The number of aliphatic hydroxyl groups is 1. The Bertz CT molecular complexity index is 449. The van der Waals surface area contributed by atoms with Gasteiger partial charge in [-0.15, -0.1) is 0 Å². The van der Waals surface area contributed by atoms with E-state index in [0.29, 0.717) is 0 Å². The van der Waals surface area contributed by atoms with Crippen LogP contribution in [0.2, 0.25) is 0 Å². The van der Waals surface area contributed by atoms with Crippen molar-refractivity contribution in [1.82, 2.24) is 0 Å². The minimum atomic E-state index is -4.49. The maximum Gasteiger partial charge on any atom is 0.416 e. The second-order valence-corrected chi connectivity index (χ2v) is 3.62. The van der Waals surface area contributed by atoms with Crippen LogP contribution in [0.5, 0.6) is 0 Å². The van der Waals surface area contributed by atoms with Gasteiger partial charge in [0, 0.05) is 0 Å². The van der Waals surface area contributed by atoms with Gasteiger partial charge >= 0.3 is 6.18 Å². The van der Waals surface area contributed by atoms with Gasteiger partial charge in [-0.05, 0) is 18.2 Å². The van der Waals surface area contributed by atoms with Crippen molar-refractivity contribution >= 4 is 17.3 Å². The number of rotatable bonds is 5. The van der Waals surface area contributed by atoms with E-state index in [9.17, 15) is 18.0 Å². The Morgan fingerprint density at radius 2 is 2.11 bits per heavy atom. The number of benzene rings is 1. The summed E-state index contributed by atoms with van der Waals surface area (Å²) in [5.41, 5.74) is 4.42. The van der Waals surface area contributed by atoms with Gasteiger partial charge in [-0.25, -0.2) is 0 Å². The highest BCUT2D eigenvalue weighted by Gasteiger charge is 2.30. The van der Waals surface area contributed by atoms with Crippen molar-refractivity contribution in [3.05, 3.63) is 23.8 Å². The Hall–Kier alpha value is -1.80. The number of halogens is 3. The number of aliphatic hydroxyl groups excluding tert-OH is 1. The SMILES string of the molecule is Nc1cc(C(F)(F)F)ccc1NC(=O)COCCO. The molecule has 0 radical (unpaired) electrons. The Labute approximate surface area is 107 Å². The summed E-state index contributed by atoms with van der Waals surface area (Å²) in [4.78, 5) is 11.3. The number of hydrogen-bond acceptors (Lipinski definition) is 4. The minimum Gasteiger partial charge on any atom is -0.397 e. The van der Waals surface area contributed by atoms with Gasteiger partial charge < -0.3 is 20.9 Å². The molecular formula is C11H13F3N2O3. The van der Waals surface area contributed by atoms with Crippen LogP contribution in [0.1, 0.15) is 5.56 Å². The molecule has 8 heteroatoms. The number of alkyl halides is 3. The second-order valence-electron chi connectivity index (χ2n) is 3.62. The monoisotopic (exact) mass is 278 g/mol. The number of ether oxygens (including phenoxy) is 1. The van der Waals surface area contributed by atoms with Gasteiger partial charge in [-0.3, -0.25) is 4.79 Å². The average Bonchev–Trinajstić information content (AvgIpc) is 2.31. The smallest absolute Gasteiger partial charge is 0.397 e. The van der Waals surface area contributed by atoms with E-state index in [-0.39, 0.29) is 31.2 Å². The predicted octanol–water partition coefficient (Wildman–Crippen LogP) is 1.23. The molecule has 0 aliphatic rings. The summed E-state index contributed by atoms with van der Waals surface area (Å²) in [5.74, 6) is -0.570. The van der Waals surface area contributed by atoms with Gasteiger partial charge in [-0.1, -0.05) is 0 Å². The maximum atomic E-state index is 12.4. The molecule has 0 atom stereocenters. The van der Waals surface area contributed by atoms with E-state index < -0.39 is 17.6 Å². The first-order valence-electron chi connectivity index (χ1n) is 5.29. The zero-order chi connectivity index (χ0) is 14.5. The van der Waals surface area contributed by atoms with Crippen LogP contribution in [0.4, 0.5) is 24.5 Å². The highest BCUT2D eigenvalue weighted by atomic mass is 19.4. The lowest BCUT2D eigenvalue weighted by Gasteiger charge is -2.11. The molecule has 5 nitrogen and oxygen atoms in total. The van der Waals surface area contributed by atoms with Crippen LogP contribution in [0.3, 0.4) is 0 Å². The molecule has 19 heavy (non-hydrogen) atoms. The molecule has 1 rings (SSSR count). The number of carbonyl (C=O) groups is 1. The Kier molecular flexibility index (Phi) is 5.13. The lowest BCUT2D eigenvalue weighted by molar-refractivity contribution is -0.137. The summed E-state index contributed by atoms with van der Waals surface area (Å²) < 4.78 is 41.9. The van der Waals surface area contributed by atoms with Crippen LogP contribution in [0.15, 0.2) is 18.2 Å². The van der Waals surface area contributed by atoms with Gasteiger partial charge in [0.15, 0.2) is 0 Å². The van der Waals surface area contributed by atoms with Crippen LogP contribution < -0.4 is 11.1 Å². The van der Waals surface area contributed by atoms with Crippen LogP contribution in [0.25, 0.3) is 0 Å². The summed E-state index contributed by atoms with van der Waals surface area (Å²) >= 11 is 0. The Morgan fingerprint density at radius 3 is 2.63 bits per heavy atom. The van der Waals surface area contributed by atoms with Gasteiger partial charge in [0.05, 0.1) is 30.2 Å². The van der Waals surface area contributed by atoms with E-state index in [4.69, 9.17) is 15.6 Å². The van der Waals surface area contributed by atoms with Gasteiger partial charge in [0.25, 0.3) is 0 Å². The molecule has 0 bridgehead atoms. The topological polar surface area (TPSA) is 84.6 Å². The molecule has 0 saturated carbocycles. The number of hydrogen-bond donors (Lipinski definition) is 3. The molecule has 0 spiro atoms. The van der Waals surface area contributed by atoms with Crippen molar-refractivity contribution in [2.75, 3.05) is 30.9 Å². The van der Waals surface area contributed by atoms with E-state index >= 15 is 0 Å². The third kappa shape index (κ3) is 4.76. The number of amides is 1. The van der Waals surface area contributed by atoms with Gasteiger partial charge in [0.1, 0.15) is 6.61 Å². The first-order valence-corrected chi connectivity index (χ1v) is 5.29. The number of nitrogens with one attached hydrogen (secondary N) is 1. The summed E-state index contributed by atoms with van der Waals surface area (Å²) in [5, 5.41) is 10.7. The number of anilines is 2. The summed E-state index contributed by atoms with van der Waals surface area (Å²) in [6.45, 7) is -0.549. The largest absolute Gasteiger partial charge is 0.416 e. The standard InChI is InChI=1S/C11H13F3N2O3/c12-11(13,14)7-1-2-9(8(15)5-7)16-10(18)6-19-4-3-17/h1-2,5,17H,3-4,6,15H2,(H,16,18). The third-order valence-corrected chi connectivity index (χ3v) is 2.12. The number of carbonyl (C=O) groups excluding carboxylic acids is 1. The molecule has 0 aromatic heterocycles. The van der Waals surface area contributed by atoms with Crippen molar-refractivity contribution in [1.29, 1.82) is 0 Å². The first kappa shape index (κ1) is 15.3. The molecular weight excluding hydrogens is 265 g/mol. The van der Waals surface area contributed by atoms with Gasteiger partial charge in [-0.2, -0.15) is 13.2 Å². The van der Waals surface area contributed by atoms with Crippen LogP contribution >= 0.6 is 0 Å². The molecule has 106 valence electrons. The average molecular weight is 278 g/mol. The summed E-state index contributed by atoms with van der Waals surface area (Å²) in [7, 11) is 0. The lowest BCUT2D eigenvalue weighted by Crippen LogP contribution is -2.20. The zero-order valence-corrected chi connectivity index (χ0v) is 9.83. The molecule has 0 heterocycles. The van der Waals surface area contributed by atoms with E-state index in [1.165, 1.54) is 0 Å². The molecule has 1 aromatic rings. The minimum absolute atomic E-state index is 0.00405. The van der Waals surface area contributed by atoms with E-state index in [2.05, 4.69) is 5.32 Å². The highest BCUT2D eigenvalue weighted by Crippen LogP contribution is 2.32. The molecule has 0 fully saturated rings. The normalized spacial score (nSPS) is 11.4. The number of nitrogens with two attached hydrogens (primary N) is 1. The van der Waals surface area contributed by atoms with Crippen LogP contribution in [-0.2, 0) is 15.7 Å². The molecule has 1 amide bonds. The molecule has 4 N–H and O–H groups in total. The third-order valence-electron chi connectivity index (χ3n) is 2.12. The zero-order valence-electron chi connectivity index (χ0n) is 9.83. The van der Waals surface area contributed by atoms with Crippen molar-refractivity contribution < 1.29 is 27.8 Å². The van der Waals surface area contributed by atoms with Crippen molar-refractivity contribution in [3.63, 3.8) is 0 Å². The molecule has 0 unspecified atom stereocenters. The van der Waals surface area contributed by atoms with E-state index in [0.717, 1.165) is 18.2 Å². The summed E-state index contributed by atoms with van der Waals surface area (Å²) in [6, 6.07) is 2.63. The molecule has 0 aliphatic heterocycles. The fraction of sp³-hybridized carbons (Fsp3) is 0.364. The molecule has 0 saturated heterocycles. The fourth-order valence-corrected chi connectivity index (χ4v) is 1.27. The second kappa shape index (κ2) is 6.39. The van der Waals surface area contributed by atoms with Crippen LogP contribution in [0, 0.1) is 0 Å². The maximum absolute atomic E-state index is 12.4. The Balaban J connectivity index is 2.67. The molecule has 0 aliphatic carbocycles. The van der Waals surface area contributed by atoms with Crippen molar-refractivity contribution in [2.45, 2.75) is 6.18 Å². The van der Waals surface area contributed by atoms with E-state index in [1.807, 2.05) is 0 Å². The quantitative estimate of drug-likeness (QED) is 0.559. The van der Waals surface area contributed by atoms with Crippen molar-refractivity contribution in [3.8, 4) is 0 Å². The predicted molar refractivity (Wildman–Crippen MR) is 62.4 cm³/mol. The fourth-order valence-electron chi connectivity index (χ4n) is 1.27. The van der Waals surface area contributed by atoms with E-state index in [1.54, 1.807) is 0 Å². The highest BCUT2D eigenvalue weighted by molar-refractivity contribution is 5.94. The Morgan fingerprint density at radius 1 is 1.42 bits per heavy atom.